The van der Waals surface area contributed by atoms with Crippen LogP contribution in [0.5, 0.6) is 0 Å². The molecule has 2 fully saturated rings. The smallest absolute Gasteiger partial charge is 0.237 e. The van der Waals surface area contributed by atoms with E-state index >= 15 is 0 Å². The first-order valence-corrected chi connectivity index (χ1v) is 9.06. The molecule has 0 bridgehead atoms. The normalized spacial score (nSPS) is 26.0. The zero-order chi connectivity index (χ0) is 17.6. The van der Waals surface area contributed by atoms with Gasteiger partial charge in [-0.25, -0.2) is 4.90 Å². The lowest BCUT2D eigenvalue weighted by atomic mass is 9.73. The molecule has 2 amide bonds. The highest BCUT2D eigenvalue weighted by atomic mass is 16.2. The molecule has 1 aliphatic carbocycles. The zero-order valence-corrected chi connectivity index (χ0v) is 14.7. The molecule has 1 heterocycles. The first-order valence-electron chi connectivity index (χ1n) is 9.06. The van der Waals surface area contributed by atoms with Crippen molar-refractivity contribution in [3.63, 3.8) is 0 Å². The van der Waals surface area contributed by atoms with Crippen LogP contribution >= 0.6 is 0 Å². The molecule has 2 aliphatic rings. The summed E-state index contributed by atoms with van der Waals surface area (Å²) >= 11 is 0. The van der Waals surface area contributed by atoms with Gasteiger partial charge in [-0.3, -0.25) is 9.59 Å². The van der Waals surface area contributed by atoms with Crippen LogP contribution in [0.4, 0.5) is 5.69 Å². The highest BCUT2D eigenvalue weighted by Gasteiger charge is 2.50. The monoisotopic (exact) mass is 333 g/mol. The predicted molar refractivity (Wildman–Crippen MR) is 98.4 cm³/mol. The van der Waals surface area contributed by atoms with Gasteiger partial charge in [0.15, 0.2) is 0 Å². The van der Waals surface area contributed by atoms with Gasteiger partial charge in [-0.1, -0.05) is 48.0 Å². The second kappa shape index (κ2) is 6.14. The fraction of sp³-hybridized carbons (Fsp3) is 0.364. The topological polar surface area (TPSA) is 37.4 Å². The number of imide groups is 1. The van der Waals surface area contributed by atoms with Crippen molar-refractivity contribution in [3.05, 3.63) is 65.2 Å². The summed E-state index contributed by atoms with van der Waals surface area (Å²) in [5.41, 5.74) is 4.17. The van der Waals surface area contributed by atoms with Gasteiger partial charge in [-0.05, 0) is 56.2 Å². The first kappa shape index (κ1) is 16.1. The molecule has 4 rings (SSSR count). The standard InChI is InChI=1S/C22H23NO2/c1-14-8-11-20(15(2)12-14)23-21(24)18-10-9-17(13-19(18)22(23)25)16-6-4-3-5-7-16/h3-8,11-12,17-19H,9-10,13H2,1-2H3/t17-,18+,19+/m1/s1. The summed E-state index contributed by atoms with van der Waals surface area (Å²) in [6.07, 6.45) is 2.56. The summed E-state index contributed by atoms with van der Waals surface area (Å²) in [7, 11) is 0. The number of amides is 2. The Hall–Kier alpha value is -2.42. The molecule has 3 nitrogen and oxygen atoms in total. The van der Waals surface area contributed by atoms with Crippen molar-refractivity contribution in [2.24, 2.45) is 11.8 Å². The molecule has 2 aromatic rings. The number of benzene rings is 2. The number of rotatable bonds is 2. The van der Waals surface area contributed by atoms with Crippen molar-refractivity contribution >= 4 is 17.5 Å². The highest BCUT2D eigenvalue weighted by molar-refractivity contribution is 6.22. The van der Waals surface area contributed by atoms with Crippen LogP contribution in [0.1, 0.15) is 41.9 Å². The second-order valence-corrected chi connectivity index (χ2v) is 7.44. The molecular formula is C22H23NO2. The maximum absolute atomic E-state index is 13.1. The lowest BCUT2D eigenvalue weighted by Gasteiger charge is -2.28. The highest BCUT2D eigenvalue weighted by Crippen LogP contribution is 2.46. The minimum Gasteiger partial charge on any atom is -0.274 e. The lowest BCUT2D eigenvalue weighted by molar-refractivity contribution is -0.122. The van der Waals surface area contributed by atoms with Crippen molar-refractivity contribution in [3.8, 4) is 0 Å². The molecule has 1 saturated heterocycles. The van der Waals surface area contributed by atoms with E-state index in [0.29, 0.717) is 5.92 Å². The minimum atomic E-state index is -0.174. The van der Waals surface area contributed by atoms with Crippen molar-refractivity contribution in [1.29, 1.82) is 0 Å². The SMILES string of the molecule is Cc1ccc(N2C(=O)[C@H]3CC[C@@H](c4ccccc4)C[C@@H]3C2=O)c(C)c1. The second-order valence-electron chi connectivity index (χ2n) is 7.44. The van der Waals surface area contributed by atoms with Gasteiger partial charge in [-0.2, -0.15) is 0 Å². The van der Waals surface area contributed by atoms with Crippen molar-refractivity contribution in [2.75, 3.05) is 4.90 Å². The number of nitrogens with zero attached hydrogens (tertiary/aromatic N) is 1. The Bertz CT molecular complexity index is 827. The number of carbonyl (C=O) groups is 2. The van der Waals surface area contributed by atoms with Gasteiger partial charge in [0, 0.05) is 0 Å². The molecule has 25 heavy (non-hydrogen) atoms. The summed E-state index contributed by atoms with van der Waals surface area (Å²) < 4.78 is 0. The van der Waals surface area contributed by atoms with Crippen molar-refractivity contribution in [1.82, 2.24) is 0 Å². The first-order chi connectivity index (χ1) is 12.1. The van der Waals surface area contributed by atoms with Crippen molar-refractivity contribution in [2.45, 2.75) is 39.0 Å². The van der Waals surface area contributed by atoms with Gasteiger partial charge >= 0.3 is 0 Å². The number of aryl methyl sites for hydroxylation is 2. The summed E-state index contributed by atoms with van der Waals surface area (Å²) in [5.74, 6) is 0.0367. The summed E-state index contributed by atoms with van der Waals surface area (Å²) in [6, 6.07) is 16.3. The summed E-state index contributed by atoms with van der Waals surface area (Å²) in [6.45, 7) is 3.99. The number of hydrogen-bond acceptors (Lipinski definition) is 2. The molecule has 0 N–H and O–H groups in total. The minimum absolute atomic E-state index is 0.00605. The van der Waals surface area contributed by atoms with Gasteiger partial charge in [0.2, 0.25) is 11.8 Å². The molecule has 3 heteroatoms. The largest absolute Gasteiger partial charge is 0.274 e. The van der Waals surface area contributed by atoms with E-state index in [2.05, 4.69) is 12.1 Å². The molecule has 0 radical (unpaired) electrons. The van der Waals surface area contributed by atoms with E-state index in [9.17, 15) is 9.59 Å². The zero-order valence-electron chi connectivity index (χ0n) is 14.7. The third-order valence-electron chi connectivity index (χ3n) is 5.79. The molecule has 128 valence electrons. The Balaban J connectivity index is 1.63. The van der Waals surface area contributed by atoms with Crippen molar-refractivity contribution < 1.29 is 9.59 Å². The molecule has 1 aliphatic heterocycles. The van der Waals surface area contributed by atoms with Crippen LogP contribution in [0.2, 0.25) is 0 Å². The van der Waals surface area contributed by atoms with Gasteiger partial charge in [0.25, 0.3) is 0 Å². The van der Waals surface area contributed by atoms with E-state index in [1.54, 1.807) is 0 Å². The van der Waals surface area contributed by atoms with Gasteiger partial charge in [0.05, 0.1) is 17.5 Å². The third-order valence-corrected chi connectivity index (χ3v) is 5.79. The maximum atomic E-state index is 13.1. The molecule has 0 aromatic heterocycles. The number of hydrogen-bond donors (Lipinski definition) is 0. The Labute approximate surface area is 148 Å². The van der Waals surface area contributed by atoms with Crippen LogP contribution in [-0.2, 0) is 9.59 Å². The fourth-order valence-electron chi connectivity index (χ4n) is 4.50. The molecular weight excluding hydrogens is 310 g/mol. The Morgan fingerprint density at radius 2 is 1.60 bits per heavy atom. The van der Waals surface area contributed by atoms with E-state index in [-0.39, 0.29) is 23.7 Å². The van der Waals surface area contributed by atoms with Crippen LogP contribution in [0.25, 0.3) is 0 Å². The average Bonchev–Trinajstić information content (AvgIpc) is 2.87. The Morgan fingerprint density at radius 3 is 2.32 bits per heavy atom. The van der Waals surface area contributed by atoms with Crippen LogP contribution in [-0.4, -0.2) is 11.8 Å². The Kier molecular flexibility index (Phi) is 3.95. The lowest BCUT2D eigenvalue weighted by Crippen LogP contribution is -2.31. The van der Waals surface area contributed by atoms with Gasteiger partial charge < -0.3 is 0 Å². The van der Waals surface area contributed by atoms with E-state index in [1.165, 1.54) is 10.5 Å². The summed E-state index contributed by atoms with van der Waals surface area (Å²) in [4.78, 5) is 27.5. The Morgan fingerprint density at radius 1 is 0.880 bits per heavy atom. The average molecular weight is 333 g/mol. The van der Waals surface area contributed by atoms with E-state index in [0.717, 1.165) is 36.1 Å². The molecule has 1 saturated carbocycles. The van der Waals surface area contributed by atoms with E-state index in [4.69, 9.17) is 0 Å². The number of anilines is 1. The van der Waals surface area contributed by atoms with Gasteiger partial charge in [0.1, 0.15) is 0 Å². The molecule has 0 unspecified atom stereocenters. The quantitative estimate of drug-likeness (QED) is 0.765. The molecule has 0 spiro atoms. The van der Waals surface area contributed by atoms with Crippen LogP contribution in [0.15, 0.2) is 48.5 Å². The fourth-order valence-corrected chi connectivity index (χ4v) is 4.50. The van der Waals surface area contributed by atoms with Gasteiger partial charge in [-0.15, -0.1) is 0 Å². The third kappa shape index (κ3) is 2.68. The number of fused-ring (bicyclic) bond motifs is 1. The van der Waals surface area contributed by atoms with Crippen LogP contribution < -0.4 is 4.90 Å². The van der Waals surface area contributed by atoms with E-state index < -0.39 is 0 Å². The summed E-state index contributed by atoms with van der Waals surface area (Å²) in [5, 5.41) is 0. The van der Waals surface area contributed by atoms with E-state index in [1.807, 2.05) is 50.2 Å². The molecule has 2 aromatic carbocycles. The molecule has 3 atom stereocenters. The van der Waals surface area contributed by atoms with Crippen LogP contribution in [0.3, 0.4) is 0 Å². The number of carbonyl (C=O) groups excluding carboxylic acids is 2. The maximum Gasteiger partial charge on any atom is 0.237 e. The van der Waals surface area contributed by atoms with Crippen LogP contribution in [0, 0.1) is 25.7 Å². The predicted octanol–water partition coefficient (Wildman–Crippen LogP) is 4.38.